The lowest BCUT2D eigenvalue weighted by atomic mass is 10.2. The monoisotopic (exact) mass is 521 g/mol. The summed E-state index contributed by atoms with van der Waals surface area (Å²) >= 11 is 18.0. The fourth-order valence-electron chi connectivity index (χ4n) is 2.86. The van der Waals surface area contributed by atoms with Crippen LogP contribution in [0.25, 0.3) is 0 Å². The van der Waals surface area contributed by atoms with Crippen molar-refractivity contribution in [3.63, 3.8) is 0 Å². The van der Waals surface area contributed by atoms with E-state index in [1.54, 1.807) is 18.2 Å². The van der Waals surface area contributed by atoms with Crippen molar-refractivity contribution in [3.8, 4) is 5.75 Å². The number of nitrogens with one attached hydrogen (secondary N) is 1. The molecule has 2 aromatic heterocycles. The molecular formula is C21H14Cl3N5O5. The molecule has 0 saturated heterocycles. The molecule has 0 aliphatic rings. The van der Waals surface area contributed by atoms with Crippen LogP contribution in [-0.2, 0) is 13.2 Å². The highest BCUT2D eigenvalue weighted by atomic mass is 35.5. The molecule has 4 aromatic rings. The molecule has 13 heteroatoms. The Labute approximate surface area is 207 Å². The Morgan fingerprint density at radius 3 is 2.65 bits per heavy atom. The van der Waals surface area contributed by atoms with Gasteiger partial charge in [0.05, 0.1) is 32.6 Å². The molecule has 34 heavy (non-hydrogen) atoms. The summed E-state index contributed by atoms with van der Waals surface area (Å²) in [5.41, 5.74) is 0.696. The summed E-state index contributed by atoms with van der Waals surface area (Å²) in [5.74, 6) is -0.0417. The molecule has 1 amide bonds. The number of nitrogens with zero attached hydrogens (tertiary/aromatic N) is 4. The van der Waals surface area contributed by atoms with Crippen LogP contribution in [0.3, 0.4) is 0 Å². The maximum absolute atomic E-state index is 12.5. The largest absolute Gasteiger partial charge is 0.484 e. The fourth-order valence-corrected chi connectivity index (χ4v) is 3.35. The number of aromatic nitrogens is 3. The molecule has 0 aliphatic heterocycles. The quantitative estimate of drug-likeness (QED) is 0.235. The van der Waals surface area contributed by atoms with E-state index in [-0.39, 0.29) is 34.8 Å². The van der Waals surface area contributed by atoms with Gasteiger partial charge in [-0.2, -0.15) is 0 Å². The molecule has 2 aromatic carbocycles. The highest BCUT2D eigenvalue weighted by Crippen LogP contribution is 2.29. The minimum absolute atomic E-state index is 0.00423. The van der Waals surface area contributed by atoms with E-state index in [1.165, 1.54) is 41.3 Å². The Balaban J connectivity index is 1.35. The first kappa shape index (κ1) is 23.6. The van der Waals surface area contributed by atoms with Crippen LogP contribution < -0.4 is 10.1 Å². The average molecular weight is 523 g/mol. The number of nitro benzene ring substituents is 1. The summed E-state index contributed by atoms with van der Waals surface area (Å²) < 4.78 is 12.5. The van der Waals surface area contributed by atoms with Gasteiger partial charge in [-0.3, -0.25) is 20.2 Å². The molecule has 0 radical (unpaired) electrons. The topological polar surface area (TPSA) is 125 Å². The number of carbonyl (C=O) groups is 1. The summed E-state index contributed by atoms with van der Waals surface area (Å²) in [6.45, 7) is 0.285. The van der Waals surface area contributed by atoms with Crippen LogP contribution in [-0.4, -0.2) is 25.6 Å². The normalized spacial score (nSPS) is 10.8. The van der Waals surface area contributed by atoms with Gasteiger partial charge in [-0.05, 0) is 35.9 Å². The third-order valence-electron chi connectivity index (χ3n) is 4.47. The van der Waals surface area contributed by atoms with Crippen LogP contribution in [0.15, 0.2) is 59.3 Å². The number of amides is 1. The second kappa shape index (κ2) is 10.1. The standard InChI is InChI=1S/C21H14Cl3N5O5/c22-15-4-1-12(7-17(15)24)9-28-11-25-21(27-28)26-20(30)18-6-3-14(34-18)10-33-19-8-13(29(31)32)2-5-16(19)23/h1-8,11H,9-10H2,(H,26,27,30). The molecule has 0 spiro atoms. The predicted molar refractivity (Wildman–Crippen MR) is 125 cm³/mol. The number of non-ortho nitro benzene ring substituents is 1. The van der Waals surface area contributed by atoms with Gasteiger partial charge in [-0.15, -0.1) is 5.10 Å². The summed E-state index contributed by atoms with van der Waals surface area (Å²) in [6, 6.07) is 12.0. The number of furan rings is 1. The minimum Gasteiger partial charge on any atom is -0.484 e. The lowest BCUT2D eigenvalue weighted by Crippen LogP contribution is -2.12. The highest BCUT2D eigenvalue weighted by molar-refractivity contribution is 6.42. The summed E-state index contributed by atoms with van der Waals surface area (Å²) in [6.07, 6.45) is 1.46. The third kappa shape index (κ3) is 5.66. The number of hydrogen-bond acceptors (Lipinski definition) is 7. The first-order chi connectivity index (χ1) is 16.3. The second-order valence-electron chi connectivity index (χ2n) is 6.89. The van der Waals surface area contributed by atoms with Gasteiger partial charge in [-0.25, -0.2) is 9.67 Å². The van der Waals surface area contributed by atoms with Crippen molar-refractivity contribution >= 4 is 52.3 Å². The molecular weight excluding hydrogens is 509 g/mol. The zero-order chi connectivity index (χ0) is 24.2. The van der Waals surface area contributed by atoms with Gasteiger partial charge in [0, 0.05) is 6.07 Å². The molecule has 0 saturated carbocycles. The summed E-state index contributed by atoms with van der Waals surface area (Å²) in [5, 5.41) is 18.7. The smallest absolute Gasteiger partial charge is 0.293 e. The number of halogens is 3. The van der Waals surface area contributed by atoms with Gasteiger partial charge in [0.1, 0.15) is 24.4 Å². The lowest BCUT2D eigenvalue weighted by Gasteiger charge is -2.06. The van der Waals surface area contributed by atoms with Crippen LogP contribution in [0.2, 0.25) is 15.1 Å². The van der Waals surface area contributed by atoms with Crippen molar-refractivity contribution in [2.24, 2.45) is 0 Å². The molecule has 0 aliphatic carbocycles. The van der Waals surface area contributed by atoms with Crippen molar-refractivity contribution in [3.05, 3.63) is 97.1 Å². The van der Waals surface area contributed by atoms with E-state index in [9.17, 15) is 14.9 Å². The van der Waals surface area contributed by atoms with Crippen molar-refractivity contribution < 1.29 is 18.9 Å². The maximum atomic E-state index is 12.5. The number of nitro groups is 1. The Bertz CT molecular complexity index is 1370. The molecule has 4 rings (SSSR count). The van der Waals surface area contributed by atoms with Gasteiger partial charge in [0.25, 0.3) is 11.6 Å². The van der Waals surface area contributed by atoms with E-state index in [0.717, 1.165) is 5.56 Å². The maximum Gasteiger partial charge on any atom is 0.293 e. The SMILES string of the molecule is O=C(Nc1ncn(Cc2ccc(Cl)c(Cl)c2)n1)c1ccc(COc2cc([N+](=O)[O-])ccc2Cl)o1. The highest BCUT2D eigenvalue weighted by Gasteiger charge is 2.16. The van der Waals surface area contributed by atoms with Crippen LogP contribution in [0.4, 0.5) is 11.6 Å². The molecule has 174 valence electrons. The molecule has 0 atom stereocenters. The van der Waals surface area contributed by atoms with Crippen molar-refractivity contribution in [1.29, 1.82) is 0 Å². The van der Waals surface area contributed by atoms with Gasteiger partial charge < -0.3 is 9.15 Å². The Morgan fingerprint density at radius 2 is 1.88 bits per heavy atom. The number of rotatable bonds is 8. The third-order valence-corrected chi connectivity index (χ3v) is 5.52. The van der Waals surface area contributed by atoms with E-state index in [2.05, 4.69) is 15.4 Å². The molecule has 0 bridgehead atoms. The number of ether oxygens (including phenoxy) is 1. The molecule has 0 unspecified atom stereocenters. The Morgan fingerprint density at radius 1 is 1.09 bits per heavy atom. The fraction of sp³-hybridized carbons (Fsp3) is 0.0952. The number of hydrogen-bond donors (Lipinski definition) is 1. The van der Waals surface area contributed by atoms with Crippen LogP contribution in [0.1, 0.15) is 21.9 Å². The first-order valence-corrected chi connectivity index (χ1v) is 10.7. The molecule has 1 N–H and O–H groups in total. The van der Waals surface area contributed by atoms with E-state index in [0.29, 0.717) is 22.4 Å². The van der Waals surface area contributed by atoms with Crippen molar-refractivity contribution in [2.75, 3.05) is 5.32 Å². The minimum atomic E-state index is -0.563. The second-order valence-corrected chi connectivity index (χ2v) is 8.12. The summed E-state index contributed by atoms with van der Waals surface area (Å²) in [7, 11) is 0. The number of carbonyl (C=O) groups excluding carboxylic acids is 1. The zero-order valence-electron chi connectivity index (χ0n) is 17.1. The van der Waals surface area contributed by atoms with Gasteiger partial charge in [0.15, 0.2) is 5.76 Å². The number of anilines is 1. The van der Waals surface area contributed by atoms with Gasteiger partial charge in [-0.1, -0.05) is 40.9 Å². The van der Waals surface area contributed by atoms with Crippen molar-refractivity contribution in [2.45, 2.75) is 13.2 Å². The van der Waals surface area contributed by atoms with E-state index >= 15 is 0 Å². The van der Waals surface area contributed by atoms with Crippen LogP contribution in [0, 0.1) is 10.1 Å². The van der Waals surface area contributed by atoms with Gasteiger partial charge >= 0.3 is 0 Å². The predicted octanol–water partition coefficient (Wildman–Crippen LogP) is 5.62. The summed E-state index contributed by atoms with van der Waals surface area (Å²) in [4.78, 5) is 26.9. The molecule has 10 nitrogen and oxygen atoms in total. The van der Waals surface area contributed by atoms with Crippen LogP contribution in [0.5, 0.6) is 5.75 Å². The van der Waals surface area contributed by atoms with E-state index in [4.69, 9.17) is 44.0 Å². The number of benzene rings is 2. The van der Waals surface area contributed by atoms with Crippen molar-refractivity contribution in [1.82, 2.24) is 14.8 Å². The van der Waals surface area contributed by atoms with E-state index in [1.807, 2.05) is 0 Å². The molecule has 0 fully saturated rings. The molecule has 2 heterocycles. The zero-order valence-corrected chi connectivity index (χ0v) is 19.3. The lowest BCUT2D eigenvalue weighted by molar-refractivity contribution is -0.384. The average Bonchev–Trinajstić information content (AvgIpc) is 3.45. The van der Waals surface area contributed by atoms with E-state index < -0.39 is 10.8 Å². The van der Waals surface area contributed by atoms with Crippen LogP contribution >= 0.6 is 34.8 Å². The van der Waals surface area contributed by atoms with Gasteiger partial charge in [0.2, 0.25) is 5.95 Å². The first-order valence-electron chi connectivity index (χ1n) is 9.58. The Kier molecular flexibility index (Phi) is 7.01. The Hall–Kier alpha value is -3.60.